The van der Waals surface area contributed by atoms with Crippen molar-refractivity contribution in [3.8, 4) is 0 Å². The van der Waals surface area contributed by atoms with Crippen molar-refractivity contribution in [1.29, 1.82) is 0 Å². The van der Waals surface area contributed by atoms with Gasteiger partial charge in [0, 0.05) is 13.3 Å². The first kappa shape index (κ1) is 23.1. The topological polar surface area (TPSA) is 128 Å². The number of halogens is 1. The maximum Gasteiger partial charge on any atom is 0.306 e. The molecule has 0 aliphatic rings. The molecule has 0 aliphatic heterocycles. The molecule has 0 aromatic heterocycles. The van der Waals surface area contributed by atoms with Crippen molar-refractivity contribution < 1.29 is 28.3 Å². The molecule has 3 atom stereocenters. The molecule has 154 valence electrons. The van der Waals surface area contributed by atoms with Crippen LogP contribution in [0.3, 0.4) is 0 Å². The van der Waals surface area contributed by atoms with E-state index in [4.69, 9.17) is 10.5 Å². The minimum absolute atomic E-state index is 0.0867. The van der Waals surface area contributed by atoms with E-state index in [0.29, 0.717) is 5.56 Å². The minimum Gasteiger partial charge on any atom is -0.466 e. The zero-order valence-corrected chi connectivity index (χ0v) is 16.2. The monoisotopic (exact) mass is 395 g/mol. The average Bonchev–Trinajstić information content (AvgIpc) is 2.60. The molecule has 9 heteroatoms. The van der Waals surface area contributed by atoms with Gasteiger partial charge in [-0.3, -0.25) is 19.2 Å². The zero-order valence-electron chi connectivity index (χ0n) is 16.2. The molecule has 0 spiro atoms. The summed E-state index contributed by atoms with van der Waals surface area (Å²) in [4.78, 5) is 47.5. The number of carbonyl (C=O) groups is 4. The SMILES string of the molecule is CCOC(=O)C[C@H](C)[C@@H](NC(=O)[C@@H](Cc1ccc(F)cc1)NC(C)=O)C(N)=O. The van der Waals surface area contributed by atoms with Crippen molar-refractivity contribution in [3.05, 3.63) is 35.6 Å². The highest BCUT2D eigenvalue weighted by Crippen LogP contribution is 2.11. The number of nitrogens with two attached hydrogens (primary N) is 1. The molecule has 1 aromatic carbocycles. The van der Waals surface area contributed by atoms with Crippen LogP contribution in [0.1, 0.15) is 32.8 Å². The largest absolute Gasteiger partial charge is 0.466 e. The Bertz CT molecular complexity index is 708. The second kappa shape index (κ2) is 11.0. The van der Waals surface area contributed by atoms with Crippen LogP contribution in [0.25, 0.3) is 0 Å². The Labute approximate surface area is 163 Å². The number of primary amides is 1. The molecule has 8 nitrogen and oxygen atoms in total. The Hall–Kier alpha value is -2.97. The molecule has 3 amide bonds. The molecular formula is C19H26FN3O5. The standard InChI is InChI=1S/C19H26FN3O5/c1-4-28-16(25)9-11(2)17(18(21)26)23-19(27)15(22-12(3)24)10-13-5-7-14(20)8-6-13/h5-8,11,15,17H,4,9-10H2,1-3H3,(H2,21,26)(H,22,24)(H,23,27)/t11-,15+,17+/m0/s1. The first-order valence-electron chi connectivity index (χ1n) is 8.90. The minimum atomic E-state index is -1.12. The second-order valence-electron chi connectivity index (χ2n) is 6.46. The van der Waals surface area contributed by atoms with Crippen molar-refractivity contribution in [2.45, 2.75) is 45.7 Å². The van der Waals surface area contributed by atoms with Gasteiger partial charge in [0.2, 0.25) is 17.7 Å². The molecule has 0 radical (unpaired) electrons. The van der Waals surface area contributed by atoms with E-state index in [1.807, 2.05) is 0 Å². The van der Waals surface area contributed by atoms with Crippen molar-refractivity contribution in [3.63, 3.8) is 0 Å². The number of amides is 3. The molecule has 0 heterocycles. The third-order valence-corrected chi connectivity index (χ3v) is 4.01. The Morgan fingerprint density at radius 1 is 1.14 bits per heavy atom. The molecule has 0 saturated carbocycles. The number of rotatable bonds is 10. The Morgan fingerprint density at radius 2 is 1.75 bits per heavy atom. The van der Waals surface area contributed by atoms with Crippen LogP contribution in [0, 0.1) is 11.7 Å². The van der Waals surface area contributed by atoms with Crippen LogP contribution >= 0.6 is 0 Å². The summed E-state index contributed by atoms with van der Waals surface area (Å²) < 4.78 is 17.9. The summed E-state index contributed by atoms with van der Waals surface area (Å²) >= 11 is 0. The zero-order chi connectivity index (χ0) is 21.3. The maximum atomic E-state index is 13.1. The predicted molar refractivity (Wildman–Crippen MR) is 99.2 cm³/mol. The number of esters is 1. The fraction of sp³-hybridized carbons (Fsp3) is 0.474. The fourth-order valence-corrected chi connectivity index (χ4v) is 2.66. The molecule has 1 rings (SSSR count). The van der Waals surface area contributed by atoms with Gasteiger partial charge in [-0.2, -0.15) is 0 Å². The van der Waals surface area contributed by atoms with E-state index in [0.717, 1.165) is 0 Å². The molecule has 0 fully saturated rings. The lowest BCUT2D eigenvalue weighted by atomic mass is 9.96. The summed E-state index contributed by atoms with van der Waals surface area (Å²) in [5.74, 6) is -3.44. The van der Waals surface area contributed by atoms with Gasteiger partial charge in [0.05, 0.1) is 13.0 Å². The first-order chi connectivity index (χ1) is 13.1. The summed E-state index contributed by atoms with van der Waals surface area (Å²) in [6, 6.07) is 3.34. The lowest BCUT2D eigenvalue weighted by Gasteiger charge is -2.25. The predicted octanol–water partition coefficient (Wildman–Crippen LogP) is 0.432. The Morgan fingerprint density at radius 3 is 2.25 bits per heavy atom. The van der Waals surface area contributed by atoms with Crippen LogP contribution in [0.4, 0.5) is 4.39 Å². The van der Waals surface area contributed by atoms with Crippen molar-refractivity contribution in [2.75, 3.05) is 6.61 Å². The van der Waals surface area contributed by atoms with Gasteiger partial charge >= 0.3 is 5.97 Å². The van der Waals surface area contributed by atoms with Gasteiger partial charge in [-0.25, -0.2) is 4.39 Å². The molecule has 1 aromatic rings. The van der Waals surface area contributed by atoms with Gasteiger partial charge in [-0.1, -0.05) is 19.1 Å². The summed E-state index contributed by atoms with van der Waals surface area (Å²) in [7, 11) is 0. The fourth-order valence-electron chi connectivity index (χ4n) is 2.66. The summed E-state index contributed by atoms with van der Waals surface area (Å²) in [5.41, 5.74) is 5.99. The van der Waals surface area contributed by atoms with E-state index < -0.39 is 47.5 Å². The Kier molecular flexibility index (Phi) is 9.07. The van der Waals surface area contributed by atoms with E-state index in [-0.39, 0.29) is 19.4 Å². The van der Waals surface area contributed by atoms with E-state index in [2.05, 4.69) is 10.6 Å². The quantitative estimate of drug-likeness (QED) is 0.495. The van der Waals surface area contributed by atoms with Crippen LogP contribution in [0.15, 0.2) is 24.3 Å². The van der Waals surface area contributed by atoms with Crippen LogP contribution < -0.4 is 16.4 Å². The lowest BCUT2D eigenvalue weighted by Crippen LogP contribution is -2.55. The number of hydrogen-bond acceptors (Lipinski definition) is 5. The van der Waals surface area contributed by atoms with E-state index in [1.54, 1.807) is 13.8 Å². The van der Waals surface area contributed by atoms with E-state index in [9.17, 15) is 23.6 Å². The molecule has 0 bridgehead atoms. The van der Waals surface area contributed by atoms with Gasteiger partial charge in [-0.05, 0) is 30.5 Å². The van der Waals surface area contributed by atoms with Crippen molar-refractivity contribution in [1.82, 2.24) is 10.6 Å². The molecule has 4 N–H and O–H groups in total. The smallest absolute Gasteiger partial charge is 0.306 e. The number of hydrogen-bond donors (Lipinski definition) is 3. The number of carbonyl (C=O) groups excluding carboxylic acids is 4. The van der Waals surface area contributed by atoms with Gasteiger partial charge in [0.15, 0.2) is 0 Å². The first-order valence-corrected chi connectivity index (χ1v) is 8.90. The highest BCUT2D eigenvalue weighted by Gasteiger charge is 2.30. The molecular weight excluding hydrogens is 369 g/mol. The van der Waals surface area contributed by atoms with Crippen molar-refractivity contribution in [2.24, 2.45) is 11.7 Å². The van der Waals surface area contributed by atoms with E-state index >= 15 is 0 Å². The van der Waals surface area contributed by atoms with Crippen molar-refractivity contribution >= 4 is 23.7 Å². The Balaban J connectivity index is 2.89. The molecule has 0 aliphatic carbocycles. The molecule has 28 heavy (non-hydrogen) atoms. The molecule has 0 unspecified atom stereocenters. The number of benzene rings is 1. The third-order valence-electron chi connectivity index (χ3n) is 4.01. The van der Waals surface area contributed by atoms with E-state index in [1.165, 1.54) is 31.2 Å². The van der Waals surface area contributed by atoms with Crippen LogP contribution in [0.5, 0.6) is 0 Å². The normalized spacial score (nSPS) is 13.7. The molecule has 0 saturated heterocycles. The highest BCUT2D eigenvalue weighted by atomic mass is 19.1. The summed E-state index contributed by atoms with van der Waals surface area (Å²) in [6.07, 6.45) is -0.0199. The number of ether oxygens (including phenoxy) is 1. The summed E-state index contributed by atoms with van der Waals surface area (Å²) in [6.45, 7) is 4.69. The van der Waals surface area contributed by atoms with Gasteiger partial charge < -0.3 is 21.1 Å². The van der Waals surface area contributed by atoms with Gasteiger partial charge in [0.25, 0.3) is 0 Å². The lowest BCUT2D eigenvalue weighted by molar-refractivity contribution is -0.145. The van der Waals surface area contributed by atoms with Gasteiger partial charge in [-0.15, -0.1) is 0 Å². The maximum absolute atomic E-state index is 13.1. The van der Waals surface area contributed by atoms with Gasteiger partial charge in [0.1, 0.15) is 17.9 Å². The van der Waals surface area contributed by atoms with Crippen LogP contribution in [-0.4, -0.2) is 42.4 Å². The second-order valence-corrected chi connectivity index (χ2v) is 6.46. The van der Waals surface area contributed by atoms with Crippen LogP contribution in [-0.2, 0) is 30.3 Å². The number of nitrogens with one attached hydrogen (secondary N) is 2. The summed E-state index contributed by atoms with van der Waals surface area (Å²) in [5, 5.41) is 4.99. The third kappa shape index (κ3) is 7.73. The van der Waals surface area contributed by atoms with Crippen LogP contribution in [0.2, 0.25) is 0 Å². The average molecular weight is 395 g/mol. The highest BCUT2D eigenvalue weighted by molar-refractivity contribution is 5.91.